The third-order valence-electron chi connectivity index (χ3n) is 4.29. The van der Waals surface area contributed by atoms with Crippen LogP contribution in [-0.2, 0) is 0 Å². The lowest BCUT2D eigenvalue weighted by atomic mass is 9.95. The van der Waals surface area contributed by atoms with Gasteiger partial charge in [-0.15, -0.1) is 12.4 Å². The van der Waals surface area contributed by atoms with Gasteiger partial charge in [0.2, 0.25) is 5.89 Å². The lowest BCUT2D eigenvalue weighted by Gasteiger charge is -2.16. The molecule has 0 amide bonds. The molecule has 1 aliphatic rings. The minimum atomic E-state index is -0.118. The highest BCUT2D eigenvalue weighted by Crippen LogP contribution is 2.34. The predicted octanol–water partition coefficient (Wildman–Crippen LogP) is 3.95. The average molecular weight is 308 g/mol. The van der Waals surface area contributed by atoms with Crippen LogP contribution in [0.1, 0.15) is 67.8 Å². The van der Waals surface area contributed by atoms with Crippen LogP contribution in [-0.4, -0.2) is 10.1 Å². The van der Waals surface area contributed by atoms with Gasteiger partial charge in [0.1, 0.15) is 0 Å². The van der Waals surface area contributed by atoms with Gasteiger partial charge in [-0.2, -0.15) is 4.98 Å². The van der Waals surface area contributed by atoms with Crippen LogP contribution in [0.3, 0.4) is 0 Å². The Hall–Kier alpha value is -1.39. The zero-order chi connectivity index (χ0) is 13.9. The molecule has 3 rings (SSSR count). The monoisotopic (exact) mass is 307 g/mol. The molecule has 0 bridgehead atoms. The first-order chi connectivity index (χ1) is 9.75. The van der Waals surface area contributed by atoms with Crippen molar-refractivity contribution in [3.63, 3.8) is 0 Å². The standard InChI is InChI=1S/C16H21N3O.ClH/c1-11(14(17)12-7-3-2-4-8-12)16-18-15(19-20-16)13-9-5-6-10-13;/h2-4,7-8,11,13-14H,5-6,9-10,17H2,1H3;1H. The fraction of sp³-hybridized carbons (Fsp3) is 0.500. The van der Waals surface area contributed by atoms with Gasteiger partial charge >= 0.3 is 0 Å². The summed E-state index contributed by atoms with van der Waals surface area (Å²) in [5.41, 5.74) is 7.40. The van der Waals surface area contributed by atoms with E-state index in [4.69, 9.17) is 10.3 Å². The van der Waals surface area contributed by atoms with Crippen LogP contribution < -0.4 is 5.73 Å². The van der Waals surface area contributed by atoms with E-state index in [0.717, 1.165) is 11.4 Å². The van der Waals surface area contributed by atoms with E-state index in [1.54, 1.807) is 0 Å². The van der Waals surface area contributed by atoms with Gasteiger partial charge in [-0.05, 0) is 18.4 Å². The minimum Gasteiger partial charge on any atom is -0.339 e. The second-order valence-corrected chi connectivity index (χ2v) is 5.70. The molecule has 2 unspecified atom stereocenters. The summed E-state index contributed by atoms with van der Waals surface area (Å²) in [7, 11) is 0. The summed E-state index contributed by atoms with van der Waals surface area (Å²) in [5.74, 6) is 2.03. The SMILES string of the molecule is CC(c1nc(C2CCCC2)no1)C(N)c1ccccc1.Cl. The van der Waals surface area contributed by atoms with Gasteiger partial charge in [0.25, 0.3) is 0 Å². The van der Waals surface area contributed by atoms with Crippen LogP contribution in [0.2, 0.25) is 0 Å². The van der Waals surface area contributed by atoms with Gasteiger partial charge < -0.3 is 10.3 Å². The zero-order valence-electron chi connectivity index (χ0n) is 12.2. The normalized spacial score (nSPS) is 18.2. The smallest absolute Gasteiger partial charge is 0.231 e. The van der Waals surface area contributed by atoms with E-state index in [0.29, 0.717) is 11.8 Å². The van der Waals surface area contributed by atoms with Crippen molar-refractivity contribution in [2.24, 2.45) is 5.73 Å². The maximum Gasteiger partial charge on any atom is 0.231 e. The van der Waals surface area contributed by atoms with Crippen molar-refractivity contribution >= 4 is 12.4 Å². The van der Waals surface area contributed by atoms with Gasteiger partial charge in [0, 0.05) is 12.0 Å². The Morgan fingerprint density at radius 1 is 1.19 bits per heavy atom. The molecule has 2 aromatic rings. The molecule has 0 aliphatic heterocycles. The molecule has 5 heteroatoms. The molecular formula is C16H22ClN3O. The molecule has 1 fully saturated rings. The Labute approximate surface area is 131 Å². The summed E-state index contributed by atoms with van der Waals surface area (Å²) in [6.07, 6.45) is 4.90. The van der Waals surface area contributed by atoms with E-state index in [1.807, 2.05) is 37.3 Å². The molecule has 1 saturated carbocycles. The Morgan fingerprint density at radius 3 is 2.52 bits per heavy atom. The van der Waals surface area contributed by atoms with E-state index in [-0.39, 0.29) is 24.4 Å². The summed E-state index contributed by atoms with van der Waals surface area (Å²) in [4.78, 5) is 4.58. The van der Waals surface area contributed by atoms with Gasteiger partial charge in [-0.3, -0.25) is 0 Å². The summed E-state index contributed by atoms with van der Waals surface area (Å²) < 4.78 is 5.44. The fourth-order valence-electron chi connectivity index (χ4n) is 2.90. The Kier molecular flexibility index (Phi) is 5.37. The largest absolute Gasteiger partial charge is 0.339 e. The Morgan fingerprint density at radius 2 is 1.86 bits per heavy atom. The van der Waals surface area contributed by atoms with Crippen molar-refractivity contribution in [1.82, 2.24) is 10.1 Å². The first kappa shape index (κ1) is 16.0. The number of hydrogen-bond donors (Lipinski definition) is 1. The van der Waals surface area contributed by atoms with E-state index < -0.39 is 0 Å². The predicted molar refractivity (Wildman–Crippen MR) is 84.5 cm³/mol. The summed E-state index contributed by atoms with van der Waals surface area (Å²) >= 11 is 0. The number of aromatic nitrogens is 2. The molecule has 2 N–H and O–H groups in total. The topological polar surface area (TPSA) is 64.9 Å². The van der Waals surface area contributed by atoms with E-state index >= 15 is 0 Å². The fourth-order valence-corrected chi connectivity index (χ4v) is 2.90. The Bertz CT molecular complexity index is 552. The van der Waals surface area contributed by atoms with E-state index in [2.05, 4.69) is 10.1 Å². The number of halogens is 1. The highest BCUT2D eigenvalue weighted by molar-refractivity contribution is 5.85. The van der Waals surface area contributed by atoms with Crippen LogP contribution in [0.4, 0.5) is 0 Å². The zero-order valence-corrected chi connectivity index (χ0v) is 13.1. The van der Waals surface area contributed by atoms with Gasteiger partial charge in [-0.1, -0.05) is 55.3 Å². The average Bonchev–Trinajstić information content (AvgIpc) is 3.17. The third-order valence-corrected chi connectivity index (χ3v) is 4.29. The number of nitrogens with zero attached hydrogens (tertiary/aromatic N) is 2. The third kappa shape index (κ3) is 3.44. The second-order valence-electron chi connectivity index (χ2n) is 5.70. The van der Waals surface area contributed by atoms with E-state index in [1.165, 1.54) is 25.7 Å². The summed E-state index contributed by atoms with van der Waals surface area (Å²) in [6.45, 7) is 2.05. The molecular weight excluding hydrogens is 286 g/mol. The maximum absolute atomic E-state index is 6.31. The quantitative estimate of drug-likeness (QED) is 0.928. The minimum absolute atomic E-state index is 0. The van der Waals surface area contributed by atoms with Gasteiger partial charge in [0.05, 0.1) is 5.92 Å². The highest BCUT2D eigenvalue weighted by Gasteiger charge is 2.26. The molecule has 4 nitrogen and oxygen atoms in total. The molecule has 2 atom stereocenters. The first-order valence-electron chi connectivity index (χ1n) is 7.39. The van der Waals surface area contributed by atoms with Crippen molar-refractivity contribution in [3.05, 3.63) is 47.6 Å². The number of nitrogens with two attached hydrogens (primary N) is 1. The molecule has 1 heterocycles. The van der Waals surface area contributed by atoms with Crippen molar-refractivity contribution in [2.45, 2.75) is 50.5 Å². The summed E-state index contributed by atoms with van der Waals surface area (Å²) in [6, 6.07) is 9.95. The van der Waals surface area contributed by atoms with Crippen molar-refractivity contribution < 1.29 is 4.52 Å². The van der Waals surface area contributed by atoms with Crippen LogP contribution >= 0.6 is 12.4 Å². The molecule has 0 saturated heterocycles. The lowest BCUT2D eigenvalue weighted by molar-refractivity contribution is 0.338. The van der Waals surface area contributed by atoms with Crippen molar-refractivity contribution in [1.29, 1.82) is 0 Å². The molecule has 1 aromatic carbocycles. The molecule has 1 aliphatic carbocycles. The maximum atomic E-state index is 6.31. The second kappa shape index (κ2) is 7.05. The van der Waals surface area contributed by atoms with Crippen molar-refractivity contribution in [3.8, 4) is 0 Å². The number of hydrogen-bond acceptors (Lipinski definition) is 4. The highest BCUT2D eigenvalue weighted by atomic mass is 35.5. The molecule has 21 heavy (non-hydrogen) atoms. The molecule has 0 spiro atoms. The summed E-state index contributed by atoms with van der Waals surface area (Å²) in [5, 5.41) is 4.15. The van der Waals surface area contributed by atoms with Gasteiger partial charge in [0.15, 0.2) is 5.82 Å². The first-order valence-corrected chi connectivity index (χ1v) is 7.39. The Balaban J connectivity index is 0.00000161. The lowest BCUT2D eigenvalue weighted by Crippen LogP contribution is -2.18. The molecule has 0 radical (unpaired) electrons. The van der Waals surface area contributed by atoms with Gasteiger partial charge in [-0.25, -0.2) is 0 Å². The van der Waals surface area contributed by atoms with E-state index in [9.17, 15) is 0 Å². The number of rotatable bonds is 4. The van der Waals surface area contributed by atoms with Crippen LogP contribution in [0, 0.1) is 0 Å². The van der Waals surface area contributed by atoms with Crippen LogP contribution in [0.25, 0.3) is 0 Å². The van der Waals surface area contributed by atoms with Crippen molar-refractivity contribution in [2.75, 3.05) is 0 Å². The number of benzene rings is 1. The van der Waals surface area contributed by atoms with Crippen LogP contribution in [0.15, 0.2) is 34.9 Å². The van der Waals surface area contributed by atoms with Crippen LogP contribution in [0.5, 0.6) is 0 Å². The molecule has 1 aromatic heterocycles. The molecule has 114 valence electrons.